The van der Waals surface area contributed by atoms with E-state index in [0.717, 1.165) is 56.5 Å². The molecule has 25 heavy (non-hydrogen) atoms. The van der Waals surface area contributed by atoms with Gasteiger partial charge in [0.05, 0.1) is 12.9 Å². The Labute approximate surface area is 148 Å². The van der Waals surface area contributed by atoms with Gasteiger partial charge in [0.25, 0.3) is 0 Å². The molecule has 1 amide bonds. The van der Waals surface area contributed by atoms with Crippen LogP contribution in [-0.2, 0) is 4.79 Å². The van der Waals surface area contributed by atoms with Gasteiger partial charge < -0.3 is 9.47 Å². The van der Waals surface area contributed by atoms with Crippen molar-refractivity contribution >= 4 is 17.1 Å². The molecule has 4 rings (SSSR count). The minimum atomic E-state index is 0.306. The van der Waals surface area contributed by atoms with Crippen molar-refractivity contribution in [3.8, 4) is 0 Å². The first-order valence-electron chi connectivity index (χ1n) is 9.52. The van der Waals surface area contributed by atoms with E-state index in [1.54, 1.807) is 0 Å². The largest absolute Gasteiger partial charge is 0.339 e. The Balaban J connectivity index is 1.34. The van der Waals surface area contributed by atoms with E-state index in [2.05, 4.69) is 31.3 Å². The molecule has 6 heteroatoms. The van der Waals surface area contributed by atoms with Crippen LogP contribution in [0.4, 0.5) is 0 Å². The second-order valence-electron chi connectivity index (χ2n) is 7.44. The van der Waals surface area contributed by atoms with E-state index < -0.39 is 0 Å². The van der Waals surface area contributed by atoms with Gasteiger partial charge in [-0.15, -0.1) is 0 Å². The normalized spacial score (nSPS) is 23.2. The lowest BCUT2D eigenvalue weighted by atomic mass is 10.0. The molecule has 2 aromatic heterocycles. The van der Waals surface area contributed by atoms with Crippen LogP contribution >= 0.6 is 0 Å². The van der Waals surface area contributed by atoms with Gasteiger partial charge in [0.15, 0.2) is 5.65 Å². The van der Waals surface area contributed by atoms with Crippen LogP contribution in [0.25, 0.3) is 11.2 Å². The topological polar surface area (TPSA) is 54.3 Å². The number of fused-ring (bicyclic) bond motifs is 1. The summed E-state index contributed by atoms with van der Waals surface area (Å²) in [7, 11) is 0. The summed E-state index contributed by atoms with van der Waals surface area (Å²) in [5.74, 6) is 0.306. The quantitative estimate of drug-likeness (QED) is 0.861. The SMILES string of the molecule is C[C@H]1CCCCN1C(=O)CN1CCC(n2cnc3cccnc32)CC1. The summed E-state index contributed by atoms with van der Waals surface area (Å²) in [6, 6.07) is 4.77. The Hall–Kier alpha value is -1.95. The molecular formula is C19H27N5O. The van der Waals surface area contributed by atoms with Crippen LogP contribution in [0.5, 0.6) is 0 Å². The molecule has 0 saturated carbocycles. The molecule has 4 heterocycles. The Kier molecular flexibility index (Phi) is 4.70. The lowest BCUT2D eigenvalue weighted by Gasteiger charge is -2.37. The minimum absolute atomic E-state index is 0.306. The first kappa shape index (κ1) is 16.5. The van der Waals surface area contributed by atoms with Crippen LogP contribution in [0.2, 0.25) is 0 Å². The van der Waals surface area contributed by atoms with Gasteiger partial charge in [0, 0.05) is 37.9 Å². The van der Waals surface area contributed by atoms with Crippen molar-refractivity contribution in [2.45, 2.75) is 51.1 Å². The summed E-state index contributed by atoms with van der Waals surface area (Å²) in [5, 5.41) is 0. The van der Waals surface area contributed by atoms with Crippen molar-refractivity contribution in [2.24, 2.45) is 0 Å². The standard InChI is InChI=1S/C19H27N5O/c1-15-5-2-3-10-23(15)18(25)13-22-11-7-16(8-12-22)24-14-21-17-6-4-9-20-19(17)24/h4,6,9,14-16H,2-3,5,7-8,10-13H2,1H3/t15-/m0/s1. The lowest BCUT2D eigenvalue weighted by molar-refractivity contribution is -0.136. The number of aromatic nitrogens is 3. The number of carbonyl (C=O) groups excluding carboxylic acids is 1. The highest BCUT2D eigenvalue weighted by Gasteiger charge is 2.27. The molecule has 2 aliphatic heterocycles. The highest BCUT2D eigenvalue weighted by atomic mass is 16.2. The van der Waals surface area contributed by atoms with E-state index in [1.165, 1.54) is 6.42 Å². The van der Waals surface area contributed by atoms with Gasteiger partial charge in [0.1, 0.15) is 5.52 Å². The summed E-state index contributed by atoms with van der Waals surface area (Å²) in [5.41, 5.74) is 1.93. The Morgan fingerprint density at radius 2 is 2.00 bits per heavy atom. The summed E-state index contributed by atoms with van der Waals surface area (Å²) in [6.07, 6.45) is 9.39. The van der Waals surface area contributed by atoms with E-state index in [0.29, 0.717) is 24.5 Å². The van der Waals surface area contributed by atoms with Crippen LogP contribution in [0.3, 0.4) is 0 Å². The minimum Gasteiger partial charge on any atom is -0.339 e. The van der Waals surface area contributed by atoms with Gasteiger partial charge in [-0.1, -0.05) is 0 Å². The van der Waals surface area contributed by atoms with Gasteiger partial charge in [0.2, 0.25) is 5.91 Å². The number of piperidine rings is 2. The molecule has 0 unspecified atom stereocenters. The molecule has 0 spiro atoms. The van der Waals surface area contributed by atoms with Crippen molar-refractivity contribution < 1.29 is 4.79 Å². The number of hydrogen-bond donors (Lipinski definition) is 0. The second kappa shape index (κ2) is 7.12. The van der Waals surface area contributed by atoms with Crippen LogP contribution in [0, 0.1) is 0 Å². The van der Waals surface area contributed by atoms with Crippen molar-refractivity contribution in [1.82, 2.24) is 24.3 Å². The number of nitrogens with zero attached hydrogens (tertiary/aromatic N) is 5. The number of pyridine rings is 1. The van der Waals surface area contributed by atoms with Gasteiger partial charge in [-0.25, -0.2) is 9.97 Å². The zero-order valence-electron chi connectivity index (χ0n) is 15.0. The average Bonchev–Trinajstić information content (AvgIpc) is 3.07. The van der Waals surface area contributed by atoms with E-state index in [1.807, 2.05) is 24.7 Å². The monoisotopic (exact) mass is 341 g/mol. The number of carbonyl (C=O) groups is 1. The second-order valence-corrected chi connectivity index (χ2v) is 7.44. The Bertz CT molecular complexity index is 734. The lowest BCUT2D eigenvalue weighted by Crippen LogP contribution is -2.48. The third-order valence-electron chi connectivity index (χ3n) is 5.76. The maximum absolute atomic E-state index is 12.6. The van der Waals surface area contributed by atoms with E-state index in [9.17, 15) is 4.79 Å². The van der Waals surface area contributed by atoms with Crippen molar-refractivity contribution in [3.63, 3.8) is 0 Å². The van der Waals surface area contributed by atoms with Crippen LogP contribution in [0.15, 0.2) is 24.7 Å². The molecule has 2 saturated heterocycles. The molecule has 2 fully saturated rings. The molecule has 0 aliphatic carbocycles. The van der Waals surface area contributed by atoms with Crippen LogP contribution < -0.4 is 0 Å². The van der Waals surface area contributed by atoms with E-state index >= 15 is 0 Å². The maximum Gasteiger partial charge on any atom is 0.236 e. The molecule has 0 aromatic carbocycles. The molecule has 1 atom stereocenters. The van der Waals surface area contributed by atoms with Crippen molar-refractivity contribution in [3.05, 3.63) is 24.7 Å². The third kappa shape index (κ3) is 3.40. The first-order chi connectivity index (χ1) is 12.2. The third-order valence-corrected chi connectivity index (χ3v) is 5.76. The number of likely N-dealkylation sites (tertiary alicyclic amines) is 2. The summed E-state index contributed by atoms with van der Waals surface area (Å²) < 4.78 is 2.21. The smallest absolute Gasteiger partial charge is 0.236 e. The Morgan fingerprint density at radius 3 is 2.80 bits per heavy atom. The highest BCUT2D eigenvalue weighted by Crippen LogP contribution is 2.26. The van der Waals surface area contributed by atoms with E-state index in [4.69, 9.17) is 0 Å². The molecule has 2 aromatic rings. The zero-order valence-corrected chi connectivity index (χ0v) is 15.0. The molecule has 2 aliphatic rings. The van der Waals surface area contributed by atoms with Crippen LogP contribution in [0.1, 0.15) is 45.1 Å². The fourth-order valence-corrected chi connectivity index (χ4v) is 4.24. The van der Waals surface area contributed by atoms with Crippen molar-refractivity contribution in [1.29, 1.82) is 0 Å². The fraction of sp³-hybridized carbons (Fsp3) is 0.632. The predicted molar refractivity (Wildman–Crippen MR) is 97.3 cm³/mol. The summed E-state index contributed by atoms with van der Waals surface area (Å²) in [6.45, 7) is 5.61. The predicted octanol–water partition coefficient (Wildman–Crippen LogP) is 2.47. The van der Waals surface area contributed by atoms with Gasteiger partial charge in [-0.3, -0.25) is 9.69 Å². The van der Waals surface area contributed by atoms with E-state index in [-0.39, 0.29) is 0 Å². The molecule has 0 bridgehead atoms. The van der Waals surface area contributed by atoms with Crippen LogP contribution in [-0.4, -0.2) is 62.5 Å². The average molecular weight is 341 g/mol. The summed E-state index contributed by atoms with van der Waals surface area (Å²) >= 11 is 0. The molecule has 0 N–H and O–H groups in total. The molecular weight excluding hydrogens is 314 g/mol. The first-order valence-corrected chi connectivity index (χ1v) is 9.52. The highest BCUT2D eigenvalue weighted by molar-refractivity contribution is 5.78. The number of imidazole rings is 1. The molecule has 6 nitrogen and oxygen atoms in total. The number of hydrogen-bond acceptors (Lipinski definition) is 4. The zero-order chi connectivity index (χ0) is 17.2. The number of rotatable bonds is 3. The van der Waals surface area contributed by atoms with Gasteiger partial charge in [-0.05, 0) is 51.2 Å². The van der Waals surface area contributed by atoms with Crippen molar-refractivity contribution in [2.75, 3.05) is 26.2 Å². The molecule has 0 radical (unpaired) electrons. The van der Waals surface area contributed by atoms with Gasteiger partial charge >= 0.3 is 0 Å². The summed E-state index contributed by atoms with van der Waals surface area (Å²) in [4.78, 5) is 26.0. The molecule has 134 valence electrons. The van der Waals surface area contributed by atoms with Gasteiger partial charge in [-0.2, -0.15) is 0 Å². The Morgan fingerprint density at radius 1 is 1.16 bits per heavy atom. The maximum atomic E-state index is 12.6. The number of amides is 1. The fourth-order valence-electron chi connectivity index (χ4n) is 4.24.